The maximum atomic E-state index is 11.0. The molecule has 0 bridgehead atoms. The summed E-state index contributed by atoms with van der Waals surface area (Å²) in [6, 6.07) is 2.84. The van der Waals surface area contributed by atoms with Crippen LogP contribution in [-0.2, 0) is 0 Å². The van der Waals surface area contributed by atoms with E-state index in [4.69, 9.17) is 5.84 Å². The zero-order valence-corrected chi connectivity index (χ0v) is 10.6. The number of hydrazine groups is 1. The number of aliphatic hydroxyl groups is 1. The van der Waals surface area contributed by atoms with Crippen molar-refractivity contribution in [3.05, 3.63) is 22.2 Å². The van der Waals surface area contributed by atoms with Crippen molar-refractivity contribution in [1.82, 2.24) is 4.98 Å². The molecule has 0 aromatic carbocycles. The van der Waals surface area contributed by atoms with Gasteiger partial charge in [0.15, 0.2) is 0 Å². The lowest BCUT2D eigenvalue weighted by Crippen LogP contribution is -2.37. The minimum atomic E-state index is -0.464. The zero-order chi connectivity index (χ0) is 14.0. The molecule has 0 radical (unpaired) electrons. The number of pyridine rings is 1. The summed E-state index contributed by atoms with van der Waals surface area (Å²) in [5.74, 6) is 6.27. The van der Waals surface area contributed by atoms with Gasteiger partial charge >= 0.3 is 5.69 Å². The Morgan fingerprint density at radius 1 is 1.63 bits per heavy atom. The Labute approximate surface area is 110 Å². The molecule has 1 saturated carbocycles. The number of nitro groups is 1. The van der Waals surface area contributed by atoms with Gasteiger partial charge in [0.1, 0.15) is 5.82 Å². The highest BCUT2D eigenvalue weighted by atomic mass is 16.6. The van der Waals surface area contributed by atoms with Crippen LogP contribution in [0.2, 0.25) is 0 Å². The largest absolute Gasteiger partial charge is 0.393 e. The number of aromatic nitrogens is 1. The van der Waals surface area contributed by atoms with E-state index in [0.29, 0.717) is 18.3 Å². The van der Waals surface area contributed by atoms with Crippen LogP contribution in [0.5, 0.6) is 0 Å². The van der Waals surface area contributed by atoms with Gasteiger partial charge in [-0.2, -0.15) is 0 Å². The van der Waals surface area contributed by atoms with Crippen LogP contribution < -0.4 is 16.2 Å². The van der Waals surface area contributed by atoms with E-state index in [9.17, 15) is 15.2 Å². The van der Waals surface area contributed by atoms with Crippen molar-refractivity contribution in [2.24, 2.45) is 11.8 Å². The Morgan fingerprint density at radius 3 is 2.84 bits per heavy atom. The summed E-state index contributed by atoms with van der Waals surface area (Å²) >= 11 is 0. The monoisotopic (exact) mass is 267 g/mol. The molecule has 1 aromatic rings. The topological polar surface area (TPSA) is 118 Å². The van der Waals surface area contributed by atoms with Gasteiger partial charge in [-0.15, -0.1) is 0 Å². The SMILES string of the molecule is CN(CC1CC(O)C1)c1nc(NN)ccc1[N+](=O)[O-]. The minimum Gasteiger partial charge on any atom is -0.393 e. The lowest BCUT2D eigenvalue weighted by Gasteiger charge is -2.34. The Morgan fingerprint density at radius 2 is 2.32 bits per heavy atom. The van der Waals surface area contributed by atoms with E-state index in [0.717, 1.165) is 12.8 Å². The van der Waals surface area contributed by atoms with E-state index in [-0.39, 0.29) is 17.6 Å². The fraction of sp³-hybridized carbons (Fsp3) is 0.545. The molecule has 1 heterocycles. The standard InChI is InChI=1S/C11H17N5O3/c1-15(6-7-4-8(17)5-7)11-9(16(18)19)2-3-10(13-11)14-12/h2-3,7-8,17H,4-6,12H2,1H3,(H,13,14). The molecule has 8 nitrogen and oxygen atoms in total. The number of hydrogen-bond acceptors (Lipinski definition) is 7. The normalized spacial score (nSPS) is 21.6. The molecule has 0 aliphatic heterocycles. The third-order valence-electron chi connectivity index (χ3n) is 3.30. The predicted molar refractivity (Wildman–Crippen MR) is 70.7 cm³/mol. The van der Waals surface area contributed by atoms with E-state index < -0.39 is 4.92 Å². The molecule has 0 saturated heterocycles. The highest BCUT2D eigenvalue weighted by molar-refractivity contribution is 5.61. The first-order valence-electron chi connectivity index (χ1n) is 6.02. The molecule has 2 rings (SSSR count). The van der Waals surface area contributed by atoms with Gasteiger partial charge in [-0.05, 0) is 24.8 Å². The minimum absolute atomic E-state index is 0.0543. The molecule has 8 heteroatoms. The van der Waals surface area contributed by atoms with E-state index in [2.05, 4.69) is 10.4 Å². The third-order valence-corrected chi connectivity index (χ3v) is 3.30. The lowest BCUT2D eigenvalue weighted by molar-refractivity contribution is -0.384. The number of anilines is 2. The van der Waals surface area contributed by atoms with Crippen molar-refractivity contribution in [3.63, 3.8) is 0 Å². The molecular weight excluding hydrogens is 250 g/mol. The van der Waals surface area contributed by atoms with Gasteiger partial charge in [-0.3, -0.25) is 10.1 Å². The molecule has 0 spiro atoms. The van der Waals surface area contributed by atoms with Crippen LogP contribution in [0.3, 0.4) is 0 Å². The Bertz CT molecular complexity index is 475. The van der Waals surface area contributed by atoms with Crippen molar-refractivity contribution >= 4 is 17.3 Å². The molecule has 4 N–H and O–H groups in total. The fourth-order valence-electron chi connectivity index (χ4n) is 2.27. The molecule has 1 fully saturated rings. The van der Waals surface area contributed by atoms with Crippen molar-refractivity contribution in [2.45, 2.75) is 18.9 Å². The van der Waals surface area contributed by atoms with Crippen LogP contribution in [0.25, 0.3) is 0 Å². The molecule has 1 aliphatic rings. The first kappa shape index (κ1) is 13.5. The number of nitrogen functional groups attached to an aromatic ring is 1. The van der Waals surface area contributed by atoms with E-state index in [1.807, 2.05) is 0 Å². The highest BCUT2D eigenvalue weighted by Crippen LogP contribution is 2.32. The first-order chi connectivity index (χ1) is 9.01. The van der Waals surface area contributed by atoms with Gasteiger partial charge in [0.05, 0.1) is 11.0 Å². The molecule has 1 aliphatic carbocycles. The highest BCUT2D eigenvalue weighted by Gasteiger charge is 2.30. The summed E-state index contributed by atoms with van der Waals surface area (Å²) in [7, 11) is 1.75. The number of nitrogens with zero attached hydrogens (tertiary/aromatic N) is 3. The second kappa shape index (κ2) is 5.37. The predicted octanol–water partition coefficient (Wildman–Crippen LogP) is 0.482. The molecule has 19 heavy (non-hydrogen) atoms. The Balaban J connectivity index is 2.17. The number of hydrogen-bond donors (Lipinski definition) is 3. The lowest BCUT2D eigenvalue weighted by atomic mass is 9.82. The maximum absolute atomic E-state index is 11.0. The smallest absolute Gasteiger partial charge is 0.311 e. The molecule has 0 atom stereocenters. The number of rotatable bonds is 5. The second-order valence-corrected chi connectivity index (χ2v) is 4.81. The Hall–Kier alpha value is -1.93. The molecule has 104 valence electrons. The van der Waals surface area contributed by atoms with Gasteiger partial charge in [-0.25, -0.2) is 10.8 Å². The molecule has 1 aromatic heterocycles. The number of nitrogens with one attached hydrogen (secondary N) is 1. The average molecular weight is 267 g/mol. The molecule has 0 amide bonds. The summed E-state index contributed by atoms with van der Waals surface area (Å²) in [6.45, 7) is 0.624. The molecular formula is C11H17N5O3. The van der Waals surface area contributed by atoms with Gasteiger partial charge in [0.25, 0.3) is 0 Å². The van der Waals surface area contributed by atoms with Crippen LogP contribution in [0.15, 0.2) is 12.1 Å². The van der Waals surface area contributed by atoms with Crippen LogP contribution in [-0.4, -0.2) is 34.7 Å². The second-order valence-electron chi connectivity index (χ2n) is 4.81. The fourth-order valence-corrected chi connectivity index (χ4v) is 2.27. The zero-order valence-electron chi connectivity index (χ0n) is 10.6. The van der Waals surface area contributed by atoms with E-state index in [1.54, 1.807) is 11.9 Å². The third kappa shape index (κ3) is 2.91. The van der Waals surface area contributed by atoms with Crippen LogP contribution in [0, 0.1) is 16.0 Å². The van der Waals surface area contributed by atoms with E-state index in [1.165, 1.54) is 12.1 Å². The van der Waals surface area contributed by atoms with Gasteiger partial charge in [0, 0.05) is 19.7 Å². The quantitative estimate of drug-likeness (QED) is 0.403. The summed E-state index contributed by atoms with van der Waals surface area (Å²) in [6.07, 6.45) is 1.22. The van der Waals surface area contributed by atoms with Crippen molar-refractivity contribution < 1.29 is 10.0 Å². The van der Waals surface area contributed by atoms with Crippen LogP contribution in [0.1, 0.15) is 12.8 Å². The molecule has 0 unspecified atom stereocenters. The van der Waals surface area contributed by atoms with Gasteiger partial charge in [0.2, 0.25) is 5.82 Å². The van der Waals surface area contributed by atoms with Gasteiger partial charge < -0.3 is 15.4 Å². The van der Waals surface area contributed by atoms with Crippen molar-refractivity contribution in [3.8, 4) is 0 Å². The number of nitrogens with two attached hydrogens (primary N) is 1. The van der Waals surface area contributed by atoms with Crippen molar-refractivity contribution in [2.75, 3.05) is 23.9 Å². The van der Waals surface area contributed by atoms with Gasteiger partial charge in [-0.1, -0.05) is 0 Å². The van der Waals surface area contributed by atoms with Crippen LogP contribution >= 0.6 is 0 Å². The first-order valence-corrected chi connectivity index (χ1v) is 6.02. The average Bonchev–Trinajstić information content (AvgIpc) is 2.35. The van der Waals surface area contributed by atoms with Crippen molar-refractivity contribution in [1.29, 1.82) is 0 Å². The number of aliphatic hydroxyl groups excluding tert-OH is 1. The Kier molecular flexibility index (Phi) is 3.82. The van der Waals surface area contributed by atoms with Crippen LogP contribution in [0.4, 0.5) is 17.3 Å². The summed E-state index contributed by atoms with van der Waals surface area (Å²) in [5, 5.41) is 20.3. The maximum Gasteiger partial charge on any atom is 0.311 e. The summed E-state index contributed by atoms with van der Waals surface area (Å²) in [4.78, 5) is 16.4. The summed E-state index contributed by atoms with van der Waals surface area (Å²) in [5.41, 5.74) is 2.32. The summed E-state index contributed by atoms with van der Waals surface area (Å²) < 4.78 is 0. The van der Waals surface area contributed by atoms with E-state index >= 15 is 0 Å².